The first-order chi connectivity index (χ1) is 7.81. The van der Waals surface area contributed by atoms with Gasteiger partial charge in [0.25, 0.3) is 0 Å². The molecule has 1 unspecified atom stereocenters. The second-order valence-electron chi connectivity index (χ2n) is 4.50. The molecule has 1 N–H and O–H groups in total. The van der Waals surface area contributed by atoms with Gasteiger partial charge in [0.1, 0.15) is 5.82 Å². The van der Waals surface area contributed by atoms with Gasteiger partial charge in [0, 0.05) is 18.8 Å². The van der Waals surface area contributed by atoms with Crippen LogP contribution in [-0.4, -0.2) is 30.0 Å². The van der Waals surface area contributed by atoms with E-state index in [1.807, 2.05) is 6.20 Å². The maximum atomic E-state index is 4.44. The van der Waals surface area contributed by atoms with Gasteiger partial charge in [0.15, 0.2) is 0 Å². The summed E-state index contributed by atoms with van der Waals surface area (Å²) in [5.74, 6) is 0.977. The fourth-order valence-corrected chi connectivity index (χ4v) is 2.38. The van der Waals surface area contributed by atoms with Crippen molar-refractivity contribution >= 4 is 5.82 Å². The van der Waals surface area contributed by atoms with Gasteiger partial charge in [-0.25, -0.2) is 4.98 Å². The van der Waals surface area contributed by atoms with E-state index in [4.69, 9.17) is 0 Å². The fraction of sp³-hybridized carbons (Fsp3) is 0.615. The van der Waals surface area contributed by atoms with Crippen molar-refractivity contribution in [3.05, 3.63) is 23.9 Å². The molecular weight excluding hydrogens is 198 g/mol. The summed E-state index contributed by atoms with van der Waals surface area (Å²) in [5.41, 5.74) is 1.35. The molecule has 1 saturated heterocycles. The van der Waals surface area contributed by atoms with Gasteiger partial charge in [0.05, 0.1) is 0 Å². The summed E-state index contributed by atoms with van der Waals surface area (Å²) in [4.78, 5) is 6.88. The highest BCUT2D eigenvalue weighted by atomic mass is 15.1. The molecule has 1 aliphatic rings. The Labute approximate surface area is 97.9 Å². The van der Waals surface area contributed by atoms with Crippen LogP contribution in [0.15, 0.2) is 18.3 Å². The predicted molar refractivity (Wildman–Crippen MR) is 67.6 cm³/mol. The highest BCUT2D eigenvalue weighted by Gasteiger charge is 2.20. The van der Waals surface area contributed by atoms with E-state index in [1.54, 1.807) is 0 Å². The largest absolute Gasteiger partial charge is 0.370 e. The van der Waals surface area contributed by atoms with Crippen molar-refractivity contribution in [2.24, 2.45) is 0 Å². The smallest absolute Gasteiger partial charge is 0.125 e. The lowest BCUT2D eigenvalue weighted by Gasteiger charge is -2.32. The molecule has 0 radical (unpaired) electrons. The maximum Gasteiger partial charge on any atom is 0.125 e. The summed E-state index contributed by atoms with van der Waals surface area (Å²) in [6.07, 6.45) is 5.95. The minimum absolute atomic E-state index is 0.567. The summed E-state index contributed by atoms with van der Waals surface area (Å²) < 4.78 is 0. The molecular formula is C13H21N3. The molecule has 0 bridgehead atoms. The Balaban J connectivity index is 2.08. The molecule has 1 aromatic rings. The number of likely N-dealkylation sites (tertiary alicyclic amines) is 1. The van der Waals surface area contributed by atoms with Crippen molar-refractivity contribution in [3.8, 4) is 0 Å². The molecule has 3 nitrogen and oxygen atoms in total. The Morgan fingerprint density at radius 3 is 2.94 bits per heavy atom. The zero-order chi connectivity index (χ0) is 11.4. The Hall–Kier alpha value is -1.09. The number of nitrogens with zero attached hydrogens (tertiary/aromatic N) is 2. The number of piperidine rings is 1. The van der Waals surface area contributed by atoms with Crippen LogP contribution in [0, 0.1) is 0 Å². The van der Waals surface area contributed by atoms with Crippen molar-refractivity contribution < 1.29 is 0 Å². The molecule has 1 atom stereocenters. The van der Waals surface area contributed by atoms with Crippen molar-refractivity contribution in [3.63, 3.8) is 0 Å². The molecule has 2 heterocycles. The standard InChI is InChI=1S/C13H21N3/c1-3-14-13-8-7-11(10-15-13)12-6-4-5-9-16(12)2/h7-8,10,12H,3-6,9H2,1-2H3,(H,14,15). The summed E-state index contributed by atoms with van der Waals surface area (Å²) >= 11 is 0. The summed E-state index contributed by atoms with van der Waals surface area (Å²) in [7, 11) is 2.21. The van der Waals surface area contributed by atoms with Gasteiger partial charge in [-0.3, -0.25) is 4.90 Å². The SMILES string of the molecule is CCNc1ccc(C2CCCCN2C)cn1. The molecule has 0 amide bonds. The van der Waals surface area contributed by atoms with Crippen LogP contribution < -0.4 is 5.32 Å². The summed E-state index contributed by atoms with van der Waals surface area (Å²) in [6.45, 7) is 4.22. The van der Waals surface area contributed by atoms with E-state index in [2.05, 4.69) is 41.3 Å². The van der Waals surface area contributed by atoms with Crippen LogP contribution >= 0.6 is 0 Å². The topological polar surface area (TPSA) is 28.2 Å². The molecule has 16 heavy (non-hydrogen) atoms. The van der Waals surface area contributed by atoms with Gasteiger partial charge >= 0.3 is 0 Å². The maximum absolute atomic E-state index is 4.44. The Morgan fingerprint density at radius 2 is 2.31 bits per heavy atom. The number of aromatic nitrogens is 1. The van der Waals surface area contributed by atoms with Crippen molar-refractivity contribution in [2.75, 3.05) is 25.5 Å². The number of anilines is 1. The van der Waals surface area contributed by atoms with Gasteiger partial charge < -0.3 is 5.32 Å². The molecule has 88 valence electrons. The normalized spacial score (nSPS) is 22.0. The molecule has 1 aromatic heterocycles. The minimum Gasteiger partial charge on any atom is -0.370 e. The van der Waals surface area contributed by atoms with Crippen LogP contribution in [0.3, 0.4) is 0 Å². The predicted octanol–water partition coefficient (Wildman–Crippen LogP) is 2.67. The Bertz CT molecular complexity index is 320. The van der Waals surface area contributed by atoms with Gasteiger partial charge in [-0.05, 0) is 45.0 Å². The van der Waals surface area contributed by atoms with E-state index in [1.165, 1.54) is 31.4 Å². The molecule has 1 aliphatic heterocycles. The first-order valence-electron chi connectivity index (χ1n) is 6.21. The summed E-state index contributed by atoms with van der Waals surface area (Å²) in [5, 5.41) is 3.22. The van der Waals surface area contributed by atoms with Crippen LogP contribution in [-0.2, 0) is 0 Å². The molecule has 0 spiro atoms. The van der Waals surface area contributed by atoms with E-state index in [-0.39, 0.29) is 0 Å². The van der Waals surface area contributed by atoms with Gasteiger partial charge in [-0.1, -0.05) is 12.5 Å². The van der Waals surface area contributed by atoms with E-state index in [9.17, 15) is 0 Å². The second kappa shape index (κ2) is 5.30. The average Bonchev–Trinajstić information content (AvgIpc) is 2.31. The van der Waals surface area contributed by atoms with E-state index < -0.39 is 0 Å². The number of hydrogen-bond acceptors (Lipinski definition) is 3. The minimum atomic E-state index is 0.567. The van der Waals surface area contributed by atoms with Gasteiger partial charge in [-0.2, -0.15) is 0 Å². The number of pyridine rings is 1. The highest BCUT2D eigenvalue weighted by molar-refractivity contribution is 5.36. The number of hydrogen-bond donors (Lipinski definition) is 1. The van der Waals surface area contributed by atoms with Crippen LogP contribution in [0.1, 0.15) is 37.8 Å². The lowest BCUT2D eigenvalue weighted by atomic mass is 9.97. The van der Waals surface area contributed by atoms with Crippen LogP contribution in [0.2, 0.25) is 0 Å². The van der Waals surface area contributed by atoms with Crippen molar-refractivity contribution in [1.29, 1.82) is 0 Å². The monoisotopic (exact) mass is 219 g/mol. The van der Waals surface area contributed by atoms with Gasteiger partial charge in [0.2, 0.25) is 0 Å². The molecule has 1 fully saturated rings. The zero-order valence-electron chi connectivity index (χ0n) is 10.2. The lowest BCUT2D eigenvalue weighted by molar-refractivity contribution is 0.187. The highest BCUT2D eigenvalue weighted by Crippen LogP contribution is 2.29. The first-order valence-corrected chi connectivity index (χ1v) is 6.21. The number of nitrogens with one attached hydrogen (secondary N) is 1. The lowest BCUT2D eigenvalue weighted by Crippen LogP contribution is -2.29. The average molecular weight is 219 g/mol. The van der Waals surface area contributed by atoms with Crippen molar-refractivity contribution in [1.82, 2.24) is 9.88 Å². The second-order valence-corrected chi connectivity index (χ2v) is 4.50. The molecule has 2 rings (SSSR count). The Kier molecular flexibility index (Phi) is 3.78. The van der Waals surface area contributed by atoms with Gasteiger partial charge in [-0.15, -0.1) is 0 Å². The van der Waals surface area contributed by atoms with Crippen LogP contribution in [0.4, 0.5) is 5.82 Å². The van der Waals surface area contributed by atoms with Crippen LogP contribution in [0.5, 0.6) is 0 Å². The van der Waals surface area contributed by atoms with Crippen molar-refractivity contribution in [2.45, 2.75) is 32.2 Å². The first kappa shape index (κ1) is 11.4. The zero-order valence-corrected chi connectivity index (χ0v) is 10.2. The van der Waals surface area contributed by atoms with E-state index in [0.717, 1.165) is 12.4 Å². The third kappa shape index (κ3) is 2.53. The molecule has 0 aliphatic carbocycles. The molecule has 0 aromatic carbocycles. The number of rotatable bonds is 3. The fourth-order valence-electron chi connectivity index (χ4n) is 2.38. The Morgan fingerprint density at radius 1 is 1.44 bits per heavy atom. The molecule has 3 heteroatoms. The van der Waals surface area contributed by atoms with Crippen LogP contribution in [0.25, 0.3) is 0 Å². The molecule has 0 saturated carbocycles. The van der Waals surface area contributed by atoms with E-state index >= 15 is 0 Å². The quantitative estimate of drug-likeness (QED) is 0.847. The summed E-state index contributed by atoms with van der Waals surface area (Å²) in [6, 6.07) is 4.86. The third-order valence-electron chi connectivity index (χ3n) is 3.30. The third-order valence-corrected chi connectivity index (χ3v) is 3.30. The van der Waals surface area contributed by atoms with E-state index in [0.29, 0.717) is 6.04 Å².